The third-order valence-corrected chi connectivity index (χ3v) is 5.56. The Labute approximate surface area is 167 Å². The van der Waals surface area contributed by atoms with Gasteiger partial charge >= 0.3 is 5.97 Å². The van der Waals surface area contributed by atoms with Crippen molar-refractivity contribution in [2.75, 3.05) is 11.9 Å². The third-order valence-electron chi connectivity index (χ3n) is 5.56. The van der Waals surface area contributed by atoms with E-state index in [0.717, 1.165) is 31.2 Å². The smallest absolute Gasteiger partial charge is 0.335 e. The Morgan fingerprint density at radius 1 is 1.03 bits per heavy atom. The van der Waals surface area contributed by atoms with E-state index in [1.807, 2.05) is 11.9 Å². The van der Waals surface area contributed by atoms with Gasteiger partial charge in [-0.1, -0.05) is 0 Å². The molecule has 1 saturated carbocycles. The summed E-state index contributed by atoms with van der Waals surface area (Å²) in [5, 5.41) is 19.1. The Hall–Kier alpha value is -3.06. The molecule has 0 saturated heterocycles. The highest BCUT2D eigenvalue weighted by Gasteiger charge is 2.26. The maximum Gasteiger partial charge on any atom is 0.335 e. The van der Waals surface area contributed by atoms with Crippen LogP contribution in [0.2, 0.25) is 0 Å². The van der Waals surface area contributed by atoms with Crippen LogP contribution in [-0.2, 0) is 0 Å². The van der Waals surface area contributed by atoms with Crippen molar-refractivity contribution in [2.45, 2.75) is 37.8 Å². The summed E-state index contributed by atoms with van der Waals surface area (Å²) in [6, 6.07) is 10.9. The lowest BCUT2D eigenvalue weighted by molar-refractivity contribution is 0.0697. The van der Waals surface area contributed by atoms with Gasteiger partial charge in [0.1, 0.15) is 11.5 Å². The zero-order chi connectivity index (χ0) is 20.5. The largest absolute Gasteiger partial charge is 0.478 e. The number of rotatable bonds is 4. The van der Waals surface area contributed by atoms with Crippen LogP contribution < -0.4 is 4.90 Å². The number of aromatic carboxylic acids is 1. The number of hydrogen-bond acceptors (Lipinski definition) is 5. The van der Waals surface area contributed by atoms with E-state index in [9.17, 15) is 19.4 Å². The fraction of sp³-hybridized carbons (Fsp3) is 0.318. The molecule has 0 aliphatic heterocycles. The molecule has 1 heterocycles. The van der Waals surface area contributed by atoms with E-state index in [-0.39, 0.29) is 23.5 Å². The average molecular weight is 395 g/mol. The lowest BCUT2D eigenvalue weighted by Gasteiger charge is -2.34. The monoisotopic (exact) mass is 395 g/mol. The number of aliphatic hydroxyl groups is 1. The average Bonchev–Trinajstić information content (AvgIpc) is 2.73. The van der Waals surface area contributed by atoms with E-state index in [0.29, 0.717) is 22.5 Å². The van der Waals surface area contributed by atoms with Gasteiger partial charge in [-0.05, 0) is 68.1 Å². The zero-order valence-electron chi connectivity index (χ0n) is 16.0. The Balaban J connectivity index is 1.84. The Morgan fingerprint density at radius 3 is 2.38 bits per heavy atom. The summed E-state index contributed by atoms with van der Waals surface area (Å²) in [5.74, 6) is -0.731. The second kappa shape index (κ2) is 7.75. The summed E-state index contributed by atoms with van der Waals surface area (Å²) in [6.45, 7) is 0. The van der Waals surface area contributed by atoms with Gasteiger partial charge in [0, 0.05) is 18.7 Å². The van der Waals surface area contributed by atoms with Crippen molar-refractivity contribution in [1.82, 2.24) is 9.97 Å². The number of benzene rings is 2. The van der Waals surface area contributed by atoms with Crippen molar-refractivity contribution < 1.29 is 19.4 Å². The topological polar surface area (TPSA) is 86.6 Å². The summed E-state index contributed by atoms with van der Waals surface area (Å²) in [4.78, 5) is 22.9. The van der Waals surface area contributed by atoms with E-state index in [2.05, 4.69) is 0 Å². The number of aromatic nitrogens is 2. The van der Waals surface area contributed by atoms with Gasteiger partial charge in [0.05, 0.1) is 22.7 Å². The summed E-state index contributed by atoms with van der Waals surface area (Å²) in [6.07, 6.45) is 2.85. The highest BCUT2D eigenvalue weighted by atomic mass is 19.1. The molecule has 1 aliphatic carbocycles. The molecule has 1 aliphatic rings. The second-order valence-electron chi connectivity index (χ2n) is 7.48. The minimum absolute atomic E-state index is 0.149. The van der Waals surface area contributed by atoms with Gasteiger partial charge in [0.15, 0.2) is 5.82 Å². The lowest BCUT2D eigenvalue weighted by atomic mass is 9.92. The Morgan fingerprint density at radius 2 is 1.72 bits per heavy atom. The predicted molar refractivity (Wildman–Crippen MR) is 109 cm³/mol. The van der Waals surface area contributed by atoms with Crippen LogP contribution in [0.5, 0.6) is 0 Å². The van der Waals surface area contributed by atoms with Crippen LogP contribution in [0.1, 0.15) is 36.0 Å². The molecule has 0 bridgehead atoms. The van der Waals surface area contributed by atoms with Crippen molar-refractivity contribution in [2.24, 2.45) is 0 Å². The number of halogens is 1. The molecule has 0 atom stereocenters. The molecule has 0 spiro atoms. The summed E-state index contributed by atoms with van der Waals surface area (Å²) in [5.41, 5.74) is 2.57. The standard InChI is InChI=1S/C22H22FN3O3/c1-26(16-7-9-17(27)10-8-16)21-20(13-2-5-15(23)6-3-13)24-18-11-4-14(22(28)29)12-19(18)25-21/h2-6,11-12,16-17,27H,7-10H2,1H3,(H,28,29)/t16-,17-. The Bertz CT molecular complexity index is 1050. The van der Waals surface area contributed by atoms with Crippen molar-refractivity contribution in [3.05, 3.63) is 53.8 Å². The molecule has 0 amide bonds. The maximum atomic E-state index is 13.4. The Kier molecular flexibility index (Phi) is 5.15. The van der Waals surface area contributed by atoms with Crippen LogP contribution in [0.15, 0.2) is 42.5 Å². The number of carbonyl (C=O) groups is 1. The molecule has 6 nitrogen and oxygen atoms in total. The number of carboxylic acids is 1. The normalized spacial score (nSPS) is 19.3. The van der Waals surface area contributed by atoms with Crippen molar-refractivity contribution >= 4 is 22.8 Å². The molecule has 2 aromatic carbocycles. The van der Waals surface area contributed by atoms with E-state index in [1.54, 1.807) is 18.2 Å². The molecule has 0 unspecified atom stereocenters. The number of fused-ring (bicyclic) bond motifs is 1. The lowest BCUT2D eigenvalue weighted by Crippen LogP contribution is -2.37. The number of nitrogens with zero attached hydrogens (tertiary/aromatic N) is 3. The van der Waals surface area contributed by atoms with Gasteiger partial charge in [0.25, 0.3) is 0 Å². The van der Waals surface area contributed by atoms with Crippen LogP contribution in [0.4, 0.5) is 10.2 Å². The van der Waals surface area contributed by atoms with E-state index < -0.39 is 5.97 Å². The predicted octanol–water partition coefficient (Wildman–Crippen LogP) is 3.87. The van der Waals surface area contributed by atoms with Crippen LogP contribution in [0.25, 0.3) is 22.3 Å². The number of aliphatic hydroxyl groups excluding tert-OH is 1. The summed E-state index contributed by atoms with van der Waals surface area (Å²) < 4.78 is 13.4. The number of anilines is 1. The minimum Gasteiger partial charge on any atom is -0.478 e. The molecular weight excluding hydrogens is 373 g/mol. The van der Waals surface area contributed by atoms with Gasteiger partial charge in [0.2, 0.25) is 0 Å². The molecule has 7 heteroatoms. The molecular formula is C22H22FN3O3. The van der Waals surface area contributed by atoms with Crippen molar-refractivity contribution in [3.8, 4) is 11.3 Å². The van der Waals surface area contributed by atoms with Gasteiger partial charge in [-0.2, -0.15) is 0 Å². The fourth-order valence-corrected chi connectivity index (χ4v) is 3.84. The fourth-order valence-electron chi connectivity index (χ4n) is 3.84. The number of hydrogen-bond donors (Lipinski definition) is 2. The third kappa shape index (κ3) is 3.91. The van der Waals surface area contributed by atoms with Crippen molar-refractivity contribution in [3.63, 3.8) is 0 Å². The van der Waals surface area contributed by atoms with Gasteiger partial charge < -0.3 is 15.1 Å². The highest BCUT2D eigenvalue weighted by Crippen LogP contribution is 2.33. The van der Waals surface area contributed by atoms with Crippen LogP contribution >= 0.6 is 0 Å². The quantitative estimate of drug-likeness (QED) is 0.697. The van der Waals surface area contributed by atoms with Crippen molar-refractivity contribution in [1.29, 1.82) is 0 Å². The first-order chi connectivity index (χ1) is 13.9. The molecule has 2 N–H and O–H groups in total. The van der Waals surface area contributed by atoms with E-state index in [1.165, 1.54) is 24.3 Å². The highest BCUT2D eigenvalue weighted by molar-refractivity contribution is 5.93. The van der Waals surface area contributed by atoms with Gasteiger partial charge in [-0.25, -0.2) is 19.2 Å². The zero-order valence-corrected chi connectivity index (χ0v) is 16.0. The van der Waals surface area contributed by atoms with Crippen LogP contribution in [0, 0.1) is 5.82 Å². The first kappa shape index (κ1) is 19.3. The molecule has 3 aromatic rings. The molecule has 0 radical (unpaired) electrons. The molecule has 1 aromatic heterocycles. The minimum atomic E-state index is -1.02. The molecule has 1 fully saturated rings. The maximum absolute atomic E-state index is 13.4. The summed E-state index contributed by atoms with van der Waals surface area (Å²) in [7, 11) is 1.94. The molecule has 29 heavy (non-hydrogen) atoms. The SMILES string of the molecule is CN(c1nc2cc(C(=O)O)ccc2nc1-c1ccc(F)cc1)[C@H]1CC[C@H](O)CC1. The first-order valence-corrected chi connectivity index (χ1v) is 9.64. The summed E-state index contributed by atoms with van der Waals surface area (Å²) >= 11 is 0. The number of carboxylic acid groups (broad SMARTS) is 1. The molecule has 4 rings (SSSR count). The van der Waals surface area contributed by atoms with E-state index in [4.69, 9.17) is 9.97 Å². The van der Waals surface area contributed by atoms with Crippen LogP contribution in [-0.4, -0.2) is 45.3 Å². The molecule has 150 valence electrons. The second-order valence-corrected chi connectivity index (χ2v) is 7.48. The van der Waals surface area contributed by atoms with Crippen LogP contribution in [0.3, 0.4) is 0 Å². The van der Waals surface area contributed by atoms with E-state index >= 15 is 0 Å². The van der Waals surface area contributed by atoms with Gasteiger partial charge in [-0.15, -0.1) is 0 Å². The first-order valence-electron chi connectivity index (χ1n) is 9.64. The van der Waals surface area contributed by atoms with Gasteiger partial charge in [-0.3, -0.25) is 0 Å².